The topological polar surface area (TPSA) is 59.3 Å². The molecule has 0 fully saturated rings. The number of thiazole rings is 1. The van der Waals surface area contributed by atoms with Crippen LogP contribution < -0.4 is 5.32 Å². The largest absolute Gasteiger partial charge is 0.289 e. The zero-order valence-electron chi connectivity index (χ0n) is 11.4. The number of fused-ring (bicyclic) bond motifs is 1. The quantitative estimate of drug-likeness (QED) is 0.736. The predicted molar refractivity (Wildman–Crippen MR) is 74.6 cm³/mol. The second kappa shape index (κ2) is 5.09. The summed E-state index contributed by atoms with van der Waals surface area (Å²) in [6.07, 6.45) is 0. The zero-order chi connectivity index (χ0) is 16.0. The van der Waals surface area contributed by atoms with Gasteiger partial charge in [-0.1, -0.05) is 11.3 Å². The van der Waals surface area contributed by atoms with Gasteiger partial charge in [0.2, 0.25) is 4.96 Å². The molecule has 0 radical (unpaired) electrons. The van der Waals surface area contributed by atoms with Gasteiger partial charge >= 0.3 is 0 Å². The first-order valence-corrected chi connectivity index (χ1v) is 6.97. The van der Waals surface area contributed by atoms with Gasteiger partial charge in [0.15, 0.2) is 17.5 Å². The fourth-order valence-corrected chi connectivity index (χ4v) is 2.77. The van der Waals surface area contributed by atoms with Crippen LogP contribution in [0.4, 0.5) is 19.1 Å². The van der Waals surface area contributed by atoms with E-state index in [1.807, 2.05) is 13.8 Å². The number of hydrogen-bond acceptors (Lipinski definition) is 4. The summed E-state index contributed by atoms with van der Waals surface area (Å²) >= 11 is 1.38. The summed E-state index contributed by atoms with van der Waals surface area (Å²) in [7, 11) is 0. The Hall–Kier alpha value is -2.42. The second-order valence-corrected chi connectivity index (χ2v) is 5.73. The summed E-state index contributed by atoms with van der Waals surface area (Å²) in [4.78, 5) is 17.6. The van der Waals surface area contributed by atoms with E-state index in [9.17, 15) is 18.0 Å². The summed E-state index contributed by atoms with van der Waals surface area (Å²) in [5.41, 5.74) is 0.247. The lowest BCUT2D eigenvalue weighted by atomic mass is 10.2. The minimum Gasteiger partial charge on any atom is -0.289 e. The number of halogens is 3. The summed E-state index contributed by atoms with van der Waals surface area (Å²) < 4.78 is 41.1. The molecular formula is C13H9F3N4OS. The Balaban J connectivity index is 1.91. The average Bonchev–Trinajstić information content (AvgIpc) is 2.96. The first-order chi connectivity index (χ1) is 10.4. The van der Waals surface area contributed by atoms with Crippen molar-refractivity contribution in [3.8, 4) is 0 Å². The molecule has 0 unspecified atom stereocenters. The number of amides is 1. The van der Waals surface area contributed by atoms with E-state index >= 15 is 0 Å². The Morgan fingerprint density at radius 1 is 1.23 bits per heavy atom. The number of aryl methyl sites for hydroxylation is 2. The van der Waals surface area contributed by atoms with Gasteiger partial charge in [-0.15, -0.1) is 5.10 Å². The zero-order valence-corrected chi connectivity index (χ0v) is 12.3. The molecular weight excluding hydrogens is 317 g/mol. The van der Waals surface area contributed by atoms with Crippen LogP contribution in [0.5, 0.6) is 0 Å². The molecule has 1 N–H and O–H groups in total. The molecule has 5 nitrogen and oxygen atoms in total. The van der Waals surface area contributed by atoms with Gasteiger partial charge in [0.1, 0.15) is 0 Å². The minimum atomic E-state index is -1.70. The van der Waals surface area contributed by atoms with Crippen LogP contribution in [-0.2, 0) is 0 Å². The van der Waals surface area contributed by atoms with Gasteiger partial charge in [-0.05, 0) is 26.0 Å². The molecule has 0 saturated carbocycles. The van der Waals surface area contributed by atoms with Crippen molar-refractivity contribution >= 4 is 28.2 Å². The number of carbonyl (C=O) groups is 1. The molecule has 0 aliphatic rings. The van der Waals surface area contributed by atoms with Crippen LogP contribution >= 0.6 is 11.3 Å². The van der Waals surface area contributed by atoms with E-state index in [1.165, 1.54) is 15.9 Å². The van der Waals surface area contributed by atoms with Crippen molar-refractivity contribution in [3.63, 3.8) is 0 Å². The minimum absolute atomic E-state index is 0.0384. The van der Waals surface area contributed by atoms with Crippen LogP contribution in [0, 0.1) is 31.3 Å². The molecule has 0 atom stereocenters. The lowest BCUT2D eigenvalue weighted by Gasteiger charge is -2.03. The van der Waals surface area contributed by atoms with Crippen molar-refractivity contribution in [1.29, 1.82) is 0 Å². The fourth-order valence-electron chi connectivity index (χ4n) is 1.87. The first-order valence-electron chi connectivity index (χ1n) is 6.16. The van der Waals surface area contributed by atoms with E-state index in [1.54, 1.807) is 0 Å². The van der Waals surface area contributed by atoms with Crippen molar-refractivity contribution in [3.05, 3.63) is 45.7 Å². The van der Waals surface area contributed by atoms with Crippen LogP contribution in [0.15, 0.2) is 12.1 Å². The van der Waals surface area contributed by atoms with Crippen molar-refractivity contribution in [2.75, 3.05) is 5.32 Å². The third-order valence-corrected chi connectivity index (χ3v) is 4.20. The van der Waals surface area contributed by atoms with Gasteiger partial charge in [0.25, 0.3) is 11.9 Å². The van der Waals surface area contributed by atoms with Gasteiger partial charge in [-0.3, -0.25) is 10.1 Å². The molecule has 22 heavy (non-hydrogen) atoms. The maximum Gasteiger partial charge on any atom is 0.261 e. The molecule has 3 aromatic rings. The van der Waals surface area contributed by atoms with E-state index in [2.05, 4.69) is 15.4 Å². The fraction of sp³-hybridized carbons (Fsp3) is 0.154. The number of rotatable bonds is 2. The Morgan fingerprint density at radius 3 is 2.64 bits per heavy atom. The molecule has 0 saturated heterocycles. The van der Waals surface area contributed by atoms with Crippen LogP contribution in [0.2, 0.25) is 0 Å². The maximum atomic E-state index is 13.6. The molecule has 114 valence electrons. The smallest absolute Gasteiger partial charge is 0.261 e. The Bertz CT molecular complexity index is 902. The molecule has 9 heteroatoms. The highest BCUT2D eigenvalue weighted by Crippen LogP contribution is 2.22. The van der Waals surface area contributed by atoms with E-state index in [4.69, 9.17) is 0 Å². The molecule has 1 amide bonds. The van der Waals surface area contributed by atoms with Crippen LogP contribution in [0.25, 0.3) is 4.96 Å². The van der Waals surface area contributed by atoms with Gasteiger partial charge in [-0.2, -0.15) is 4.98 Å². The maximum absolute atomic E-state index is 13.6. The molecule has 2 heterocycles. The van der Waals surface area contributed by atoms with Gasteiger partial charge in [0.05, 0.1) is 11.3 Å². The lowest BCUT2D eigenvalue weighted by molar-refractivity contribution is 0.102. The van der Waals surface area contributed by atoms with Crippen molar-refractivity contribution in [2.45, 2.75) is 13.8 Å². The highest BCUT2D eigenvalue weighted by Gasteiger charge is 2.20. The van der Waals surface area contributed by atoms with Crippen LogP contribution in [0.3, 0.4) is 0 Å². The SMILES string of the molecule is Cc1sc2nc(NC(=O)c3ccc(F)c(F)c3F)nn2c1C. The Morgan fingerprint density at radius 2 is 1.95 bits per heavy atom. The standard InChI is InChI=1S/C13H9F3N4OS/c1-5-6(2)22-13-18-12(19-20(5)13)17-11(21)7-3-4-8(14)10(16)9(7)15/h3-4H,1-2H3,(H,17,19,21). The Labute approximate surface area is 126 Å². The molecule has 0 aliphatic heterocycles. The number of benzene rings is 1. The molecule has 0 aliphatic carbocycles. The van der Waals surface area contributed by atoms with Gasteiger partial charge in [-0.25, -0.2) is 17.7 Å². The third-order valence-electron chi connectivity index (χ3n) is 3.15. The highest BCUT2D eigenvalue weighted by atomic mass is 32.1. The van der Waals surface area contributed by atoms with Gasteiger partial charge in [0, 0.05) is 4.88 Å². The second-order valence-electron chi connectivity index (χ2n) is 4.55. The number of nitrogens with zero attached hydrogens (tertiary/aromatic N) is 3. The third kappa shape index (κ3) is 2.23. The van der Waals surface area contributed by atoms with E-state index in [0.717, 1.165) is 16.6 Å². The normalized spacial score (nSPS) is 11.1. The van der Waals surface area contributed by atoms with E-state index in [0.29, 0.717) is 11.0 Å². The summed E-state index contributed by atoms with van der Waals surface area (Å²) in [5, 5.41) is 6.33. The number of anilines is 1. The molecule has 0 bridgehead atoms. The van der Waals surface area contributed by atoms with Crippen molar-refractivity contribution < 1.29 is 18.0 Å². The molecule has 3 rings (SSSR count). The molecule has 0 spiro atoms. The summed E-state index contributed by atoms with van der Waals surface area (Å²) in [6, 6.07) is 1.54. The number of carbonyl (C=O) groups excluding carboxylic acids is 1. The molecule has 2 aromatic heterocycles. The van der Waals surface area contributed by atoms with Gasteiger partial charge < -0.3 is 0 Å². The molecule has 1 aromatic carbocycles. The van der Waals surface area contributed by atoms with E-state index < -0.39 is 28.9 Å². The van der Waals surface area contributed by atoms with Crippen molar-refractivity contribution in [2.24, 2.45) is 0 Å². The van der Waals surface area contributed by atoms with Crippen molar-refractivity contribution in [1.82, 2.24) is 14.6 Å². The number of hydrogen-bond donors (Lipinski definition) is 1. The average molecular weight is 326 g/mol. The Kier molecular flexibility index (Phi) is 3.36. The van der Waals surface area contributed by atoms with Crippen LogP contribution in [0.1, 0.15) is 20.9 Å². The number of aromatic nitrogens is 3. The summed E-state index contributed by atoms with van der Waals surface area (Å²) in [6.45, 7) is 3.75. The summed E-state index contributed by atoms with van der Waals surface area (Å²) in [5.74, 6) is -5.60. The highest BCUT2D eigenvalue weighted by molar-refractivity contribution is 7.17. The van der Waals surface area contributed by atoms with Crippen LogP contribution in [-0.4, -0.2) is 20.5 Å². The predicted octanol–water partition coefficient (Wildman–Crippen LogP) is 3.08. The monoisotopic (exact) mass is 326 g/mol. The lowest BCUT2D eigenvalue weighted by Crippen LogP contribution is -2.16. The number of nitrogens with one attached hydrogen (secondary N) is 1. The first kappa shape index (κ1) is 14.5. The van der Waals surface area contributed by atoms with E-state index in [-0.39, 0.29) is 5.95 Å².